The smallest absolute Gasteiger partial charge is 0.343 e. The number of nitrogens with one attached hydrogen (secondary N) is 1. The second kappa shape index (κ2) is 8.18. The molecule has 0 saturated heterocycles. The Morgan fingerprint density at radius 1 is 1.11 bits per heavy atom. The minimum absolute atomic E-state index is 0.215. The van der Waals surface area contributed by atoms with Gasteiger partial charge < -0.3 is 14.8 Å². The standard InChI is InChI=1S/C20H19N3O4/c1-14-9-10-21-23(14)17-7-4-6-16(12-17)22-20(25)15-5-3-8-18(11-15)27-13-19(24)26-2/h3-12H,13H2,1-2H3,(H,22,25). The number of carbonyl (C=O) groups is 2. The molecule has 3 aromatic rings. The van der Waals surface area contributed by atoms with E-state index in [0.717, 1.165) is 11.4 Å². The van der Waals surface area contributed by atoms with Crippen LogP contribution in [0.5, 0.6) is 5.75 Å². The predicted molar refractivity (Wildman–Crippen MR) is 100 cm³/mol. The van der Waals surface area contributed by atoms with Gasteiger partial charge >= 0.3 is 5.97 Å². The van der Waals surface area contributed by atoms with E-state index in [2.05, 4.69) is 15.2 Å². The Bertz CT molecular complexity index is 965. The first-order chi connectivity index (χ1) is 13.1. The van der Waals surface area contributed by atoms with Crippen LogP contribution >= 0.6 is 0 Å². The van der Waals surface area contributed by atoms with E-state index in [-0.39, 0.29) is 12.5 Å². The minimum atomic E-state index is -0.490. The van der Waals surface area contributed by atoms with Crippen LogP contribution in [0.3, 0.4) is 0 Å². The van der Waals surface area contributed by atoms with Crippen molar-refractivity contribution in [3.05, 3.63) is 72.1 Å². The summed E-state index contributed by atoms with van der Waals surface area (Å²) in [5.41, 5.74) is 2.91. The zero-order valence-electron chi connectivity index (χ0n) is 15.0. The summed E-state index contributed by atoms with van der Waals surface area (Å²) < 4.78 is 11.6. The summed E-state index contributed by atoms with van der Waals surface area (Å²) in [4.78, 5) is 23.7. The largest absolute Gasteiger partial charge is 0.482 e. The lowest BCUT2D eigenvalue weighted by atomic mass is 10.2. The van der Waals surface area contributed by atoms with E-state index >= 15 is 0 Å². The molecule has 0 radical (unpaired) electrons. The van der Waals surface area contributed by atoms with Gasteiger partial charge in [0.05, 0.1) is 12.8 Å². The molecule has 138 valence electrons. The van der Waals surface area contributed by atoms with Crippen molar-refractivity contribution in [3.63, 3.8) is 0 Å². The summed E-state index contributed by atoms with van der Waals surface area (Å²) in [6, 6.07) is 15.9. The number of hydrogen-bond acceptors (Lipinski definition) is 5. The third-order valence-electron chi connectivity index (χ3n) is 3.86. The zero-order chi connectivity index (χ0) is 19.2. The maximum atomic E-state index is 12.5. The average molecular weight is 365 g/mol. The minimum Gasteiger partial charge on any atom is -0.482 e. The lowest BCUT2D eigenvalue weighted by molar-refractivity contribution is -0.142. The first kappa shape index (κ1) is 18.2. The number of benzene rings is 2. The molecule has 0 atom stereocenters. The van der Waals surface area contributed by atoms with Crippen LogP contribution in [0.4, 0.5) is 5.69 Å². The third-order valence-corrected chi connectivity index (χ3v) is 3.86. The number of methoxy groups -OCH3 is 1. The number of aryl methyl sites for hydroxylation is 1. The Balaban J connectivity index is 1.72. The van der Waals surface area contributed by atoms with Gasteiger partial charge in [-0.1, -0.05) is 12.1 Å². The number of esters is 1. The fraction of sp³-hybridized carbons (Fsp3) is 0.150. The van der Waals surface area contributed by atoms with Crippen molar-refractivity contribution < 1.29 is 19.1 Å². The SMILES string of the molecule is COC(=O)COc1cccc(C(=O)Nc2cccc(-n3nccc3C)c2)c1. The van der Waals surface area contributed by atoms with Crippen molar-refractivity contribution in [1.29, 1.82) is 0 Å². The van der Waals surface area contributed by atoms with E-state index in [4.69, 9.17) is 4.74 Å². The van der Waals surface area contributed by atoms with Crippen LogP contribution in [-0.4, -0.2) is 35.4 Å². The number of aromatic nitrogens is 2. The van der Waals surface area contributed by atoms with Gasteiger partial charge in [0.1, 0.15) is 5.75 Å². The van der Waals surface area contributed by atoms with Crippen LogP contribution in [0.15, 0.2) is 60.8 Å². The van der Waals surface area contributed by atoms with Crippen LogP contribution in [0, 0.1) is 6.92 Å². The van der Waals surface area contributed by atoms with Crippen LogP contribution < -0.4 is 10.1 Å². The Kier molecular flexibility index (Phi) is 5.51. The Labute approximate surface area is 156 Å². The Morgan fingerprint density at radius 3 is 2.67 bits per heavy atom. The van der Waals surface area contributed by atoms with Gasteiger partial charge in [-0.25, -0.2) is 9.48 Å². The average Bonchev–Trinajstić information content (AvgIpc) is 3.12. The summed E-state index contributed by atoms with van der Waals surface area (Å²) in [5.74, 6) is -0.364. The molecular weight excluding hydrogens is 346 g/mol. The molecule has 0 saturated carbocycles. The highest BCUT2D eigenvalue weighted by Gasteiger charge is 2.10. The zero-order valence-corrected chi connectivity index (χ0v) is 15.0. The molecule has 7 nitrogen and oxygen atoms in total. The number of amides is 1. The van der Waals surface area contributed by atoms with Gasteiger partial charge in [-0.15, -0.1) is 0 Å². The Hall–Kier alpha value is -3.61. The molecule has 1 amide bonds. The first-order valence-electron chi connectivity index (χ1n) is 8.29. The number of hydrogen-bond donors (Lipinski definition) is 1. The van der Waals surface area contributed by atoms with E-state index < -0.39 is 5.97 Å². The quantitative estimate of drug-likeness (QED) is 0.679. The summed E-state index contributed by atoms with van der Waals surface area (Å²) in [6.07, 6.45) is 1.72. The number of rotatable bonds is 6. The molecule has 7 heteroatoms. The van der Waals surface area contributed by atoms with Crippen molar-refractivity contribution in [2.75, 3.05) is 19.0 Å². The number of carbonyl (C=O) groups excluding carboxylic acids is 2. The van der Waals surface area contributed by atoms with Crippen molar-refractivity contribution >= 4 is 17.6 Å². The molecule has 0 bridgehead atoms. The van der Waals surface area contributed by atoms with Crippen LogP contribution in [0.25, 0.3) is 5.69 Å². The molecule has 1 heterocycles. The topological polar surface area (TPSA) is 82.5 Å². The number of ether oxygens (including phenoxy) is 2. The Morgan fingerprint density at radius 2 is 1.93 bits per heavy atom. The van der Waals surface area contributed by atoms with Gasteiger partial charge in [0.2, 0.25) is 0 Å². The van der Waals surface area contributed by atoms with E-state index in [1.165, 1.54) is 7.11 Å². The molecule has 0 aliphatic heterocycles. The third kappa shape index (κ3) is 4.52. The molecule has 1 N–H and O–H groups in total. The van der Waals surface area contributed by atoms with E-state index in [1.807, 2.05) is 31.2 Å². The van der Waals surface area contributed by atoms with E-state index in [0.29, 0.717) is 17.0 Å². The van der Waals surface area contributed by atoms with Crippen molar-refractivity contribution in [1.82, 2.24) is 9.78 Å². The monoisotopic (exact) mass is 365 g/mol. The molecule has 0 aliphatic rings. The number of nitrogens with zero attached hydrogens (tertiary/aromatic N) is 2. The van der Waals surface area contributed by atoms with Crippen LogP contribution in [-0.2, 0) is 9.53 Å². The van der Waals surface area contributed by atoms with Gasteiger partial charge in [0.15, 0.2) is 6.61 Å². The molecule has 27 heavy (non-hydrogen) atoms. The van der Waals surface area contributed by atoms with Crippen LogP contribution in [0.1, 0.15) is 16.1 Å². The predicted octanol–water partition coefficient (Wildman–Crippen LogP) is 2.98. The molecule has 3 rings (SSSR count). The fourth-order valence-electron chi connectivity index (χ4n) is 2.49. The summed E-state index contributed by atoms with van der Waals surface area (Å²) in [5, 5.41) is 7.12. The van der Waals surface area contributed by atoms with Crippen LogP contribution in [0.2, 0.25) is 0 Å². The second-order valence-electron chi connectivity index (χ2n) is 5.78. The van der Waals surface area contributed by atoms with Gasteiger partial charge in [-0.2, -0.15) is 5.10 Å². The van der Waals surface area contributed by atoms with Gasteiger partial charge in [-0.3, -0.25) is 4.79 Å². The molecule has 1 aromatic heterocycles. The highest BCUT2D eigenvalue weighted by atomic mass is 16.6. The van der Waals surface area contributed by atoms with Crippen molar-refractivity contribution in [2.45, 2.75) is 6.92 Å². The first-order valence-corrected chi connectivity index (χ1v) is 8.29. The van der Waals surface area contributed by atoms with Gasteiger partial charge in [0, 0.05) is 23.1 Å². The summed E-state index contributed by atoms with van der Waals surface area (Å²) in [6.45, 7) is 1.74. The molecule has 2 aromatic carbocycles. The van der Waals surface area contributed by atoms with Crippen molar-refractivity contribution in [3.8, 4) is 11.4 Å². The molecule has 0 unspecified atom stereocenters. The lowest BCUT2D eigenvalue weighted by Gasteiger charge is -2.10. The fourth-order valence-corrected chi connectivity index (χ4v) is 2.49. The summed E-state index contributed by atoms with van der Waals surface area (Å²) in [7, 11) is 1.29. The molecular formula is C20H19N3O4. The molecule has 0 aliphatic carbocycles. The maximum absolute atomic E-state index is 12.5. The number of anilines is 1. The summed E-state index contributed by atoms with van der Waals surface area (Å²) >= 11 is 0. The lowest BCUT2D eigenvalue weighted by Crippen LogP contribution is -2.14. The highest BCUT2D eigenvalue weighted by molar-refractivity contribution is 6.04. The second-order valence-corrected chi connectivity index (χ2v) is 5.78. The van der Waals surface area contributed by atoms with Gasteiger partial charge in [-0.05, 0) is 49.4 Å². The normalized spacial score (nSPS) is 10.3. The van der Waals surface area contributed by atoms with E-state index in [1.54, 1.807) is 41.2 Å². The van der Waals surface area contributed by atoms with Gasteiger partial charge in [0.25, 0.3) is 5.91 Å². The molecule has 0 fully saturated rings. The van der Waals surface area contributed by atoms with E-state index in [9.17, 15) is 9.59 Å². The maximum Gasteiger partial charge on any atom is 0.343 e. The molecule has 0 spiro atoms. The van der Waals surface area contributed by atoms with Crippen molar-refractivity contribution in [2.24, 2.45) is 0 Å². The highest BCUT2D eigenvalue weighted by Crippen LogP contribution is 2.18.